The minimum Gasteiger partial charge on any atom is -0.444 e. The lowest BCUT2D eigenvalue weighted by Gasteiger charge is -2.38. The number of sulfonamides is 1. The maximum absolute atomic E-state index is 13.5. The summed E-state index contributed by atoms with van der Waals surface area (Å²) in [5.41, 5.74) is -0.0582. The van der Waals surface area contributed by atoms with Crippen molar-refractivity contribution in [3.63, 3.8) is 0 Å². The van der Waals surface area contributed by atoms with Gasteiger partial charge < -0.3 is 15.0 Å². The van der Waals surface area contributed by atoms with Crippen molar-refractivity contribution < 1.29 is 22.7 Å². The Morgan fingerprint density at radius 1 is 1.07 bits per heavy atom. The van der Waals surface area contributed by atoms with Crippen molar-refractivity contribution in [2.75, 3.05) is 36.4 Å². The fourth-order valence-electron chi connectivity index (χ4n) is 7.15. The second-order valence-electron chi connectivity index (χ2n) is 13.7. The molecule has 12 heteroatoms. The number of hydrogen-bond acceptors (Lipinski definition) is 8. The van der Waals surface area contributed by atoms with Gasteiger partial charge in [-0.1, -0.05) is 13.3 Å². The predicted molar refractivity (Wildman–Crippen MR) is 155 cm³/mol. The third kappa shape index (κ3) is 5.30. The molecule has 1 N–H and O–H groups in total. The summed E-state index contributed by atoms with van der Waals surface area (Å²) in [4.78, 5) is 39.1. The van der Waals surface area contributed by atoms with Crippen LogP contribution in [0.15, 0.2) is 6.20 Å². The first-order valence-corrected chi connectivity index (χ1v) is 16.8. The third-order valence-corrected chi connectivity index (χ3v) is 11.9. The molecule has 2 saturated heterocycles. The molecule has 0 bridgehead atoms. The number of carbonyl (C=O) groups is 2. The van der Waals surface area contributed by atoms with Crippen LogP contribution in [0.1, 0.15) is 91.0 Å². The van der Waals surface area contributed by atoms with Gasteiger partial charge in [0.05, 0.1) is 10.7 Å². The van der Waals surface area contributed by atoms with E-state index in [1.54, 1.807) is 4.31 Å². The maximum Gasteiger partial charge on any atom is 0.410 e. The summed E-state index contributed by atoms with van der Waals surface area (Å²) in [7, 11) is -3.55. The highest BCUT2D eigenvalue weighted by atomic mass is 32.2. The molecule has 4 heterocycles. The summed E-state index contributed by atoms with van der Waals surface area (Å²) in [6.45, 7) is 9.14. The third-order valence-electron chi connectivity index (χ3n) is 9.64. The molecule has 6 rings (SSSR count). The number of likely N-dealkylation sites (tertiary alicyclic amines) is 1. The van der Waals surface area contributed by atoms with Crippen LogP contribution >= 0.6 is 0 Å². The van der Waals surface area contributed by atoms with Crippen molar-refractivity contribution in [2.45, 2.75) is 114 Å². The molecule has 2 saturated carbocycles. The molecule has 1 aromatic rings. The number of piperidine rings is 2. The van der Waals surface area contributed by atoms with Crippen LogP contribution in [0.5, 0.6) is 0 Å². The van der Waals surface area contributed by atoms with Gasteiger partial charge in [-0.3, -0.25) is 9.69 Å². The number of nitrogens with one attached hydrogen (secondary N) is 1. The molecule has 3 atom stereocenters. The van der Waals surface area contributed by atoms with E-state index in [9.17, 15) is 18.0 Å². The summed E-state index contributed by atoms with van der Waals surface area (Å²) < 4.78 is 34.1. The number of rotatable bonds is 5. The average molecular weight is 589 g/mol. The highest BCUT2D eigenvalue weighted by molar-refractivity contribution is 7.89. The van der Waals surface area contributed by atoms with Gasteiger partial charge in [-0.2, -0.15) is 4.98 Å². The Balaban J connectivity index is 1.09. The van der Waals surface area contributed by atoms with E-state index in [2.05, 4.69) is 17.2 Å². The molecule has 0 radical (unpaired) electrons. The first-order valence-electron chi connectivity index (χ1n) is 15.3. The van der Waals surface area contributed by atoms with Crippen molar-refractivity contribution in [2.24, 2.45) is 5.92 Å². The van der Waals surface area contributed by atoms with Gasteiger partial charge in [-0.15, -0.1) is 0 Å². The van der Waals surface area contributed by atoms with E-state index in [0.717, 1.165) is 43.5 Å². The van der Waals surface area contributed by atoms with Gasteiger partial charge in [-0.05, 0) is 78.1 Å². The number of amides is 2. The molecular weight excluding hydrogens is 544 g/mol. The molecule has 1 aromatic heterocycles. The Labute approximate surface area is 243 Å². The van der Waals surface area contributed by atoms with Crippen LogP contribution in [0.2, 0.25) is 0 Å². The van der Waals surface area contributed by atoms with Crippen LogP contribution in [0.4, 0.5) is 16.6 Å². The summed E-state index contributed by atoms with van der Waals surface area (Å²) in [5.74, 6) is 1.94. The number of aromatic nitrogens is 2. The topological polar surface area (TPSA) is 125 Å². The Hall–Kier alpha value is -2.47. The minimum atomic E-state index is -3.55. The fourth-order valence-corrected chi connectivity index (χ4v) is 9.13. The molecule has 3 unspecified atom stereocenters. The largest absolute Gasteiger partial charge is 0.444 e. The molecular formula is C29H44N6O5S. The van der Waals surface area contributed by atoms with E-state index in [0.29, 0.717) is 57.2 Å². The zero-order valence-electron chi connectivity index (χ0n) is 24.8. The van der Waals surface area contributed by atoms with Crippen LogP contribution in [0.25, 0.3) is 0 Å². The lowest BCUT2D eigenvalue weighted by Crippen LogP contribution is -2.52. The highest BCUT2D eigenvalue weighted by Crippen LogP contribution is 2.58. The van der Waals surface area contributed by atoms with Crippen molar-refractivity contribution in [1.82, 2.24) is 19.2 Å². The van der Waals surface area contributed by atoms with E-state index in [1.807, 2.05) is 31.9 Å². The lowest BCUT2D eigenvalue weighted by atomic mass is 10.0. The number of anilines is 2. The van der Waals surface area contributed by atoms with E-state index >= 15 is 0 Å². The molecule has 226 valence electrons. The monoisotopic (exact) mass is 588 g/mol. The number of ether oxygens (including phenoxy) is 1. The van der Waals surface area contributed by atoms with Crippen molar-refractivity contribution >= 4 is 33.8 Å². The highest BCUT2D eigenvalue weighted by Gasteiger charge is 2.62. The van der Waals surface area contributed by atoms with Gasteiger partial charge in [0.2, 0.25) is 21.9 Å². The standard InChI is InChI=1S/C29H44N6O5S/c1-19-7-5-9-23(19)35-24-22(29(12-13-29)25(35)36)17-30-26(32-24)31-20-10-15-34(16-11-20)41(38,39)21-8-6-14-33(18-21)27(37)40-28(2,3)4/h17,19-21,23H,5-16,18H2,1-4H3,(H,30,31,32). The van der Waals surface area contributed by atoms with Gasteiger partial charge in [0.1, 0.15) is 11.4 Å². The Morgan fingerprint density at radius 3 is 2.44 bits per heavy atom. The Morgan fingerprint density at radius 2 is 1.80 bits per heavy atom. The number of nitrogens with zero attached hydrogens (tertiary/aromatic N) is 5. The molecule has 4 fully saturated rings. The first-order chi connectivity index (χ1) is 19.4. The van der Waals surface area contributed by atoms with E-state index in [-0.39, 0.29) is 24.5 Å². The zero-order valence-corrected chi connectivity index (χ0v) is 25.6. The number of carbonyl (C=O) groups excluding carboxylic acids is 2. The van der Waals surface area contributed by atoms with Gasteiger partial charge in [0.15, 0.2) is 0 Å². The number of hydrogen-bond donors (Lipinski definition) is 1. The molecule has 3 aliphatic heterocycles. The van der Waals surface area contributed by atoms with Crippen LogP contribution in [0.3, 0.4) is 0 Å². The van der Waals surface area contributed by atoms with Crippen LogP contribution in [-0.4, -0.2) is 88.7 Å². The van der Waals surface area contributed by atoms with E-state index < -0.39 is 32.4 Å². The normalized spacial score (nSPS) is 28.7. The second kappa shape index (κ2) is 10.4. The molecule has 2 aliphatic carbocycles. The molecule has 2 amide bonds. The summed E-state index contributed by atoms with van der Waals surface area (Å²) >= 11 is 0. The molecule has 11 nitrogen and oxygen atoms in total. The molecule has 41 heavy (non-hydrogen) atoms. The molecule has 1 spiro atoms. The molecule has 0 aromatic carbocycles. The predicted octanol–water partition coefficient (Wildman–Crippen LogP) is 3.65. The van der Waals surface area contributed by atoms with Crippen molar-refractivity contribution in [1.29, 1.82) is 0 Å². The maximum atomic E-state index is 13.5. The quantitative estimate of drug-likeness (QED) is 0.553. The first kappa shape index (κ1) is 28.6. The zero-order chi connectivity index (χ0) is 29.2. The van der Waals surface area contributed by atoms with Crippen LogP contribution in [0, 0.1) is 5.92 Å². The van der Waals surface area contributed by atoms with Crippen molar-refractivity contribution in [3.05, 3.63) is 11.8 Å². The number of fused-ring (bicyclic) bond motifs is 2. The van der Waals surface area contributed by atoms with Crippen LogP contribution < -0.4 is 10.2 Å². The SMILES string of the molecule is CC1CCCC1N1C(=O)C2(CC2)c2cnc(NC3CCN(S(=O)(=O)C4CCCN(C(=O)OC(C)(C)C)C4)CC3)nc21. The van der Waals surface area contributed by atoms with E-state index in [1.165, 1.54) is 4.90 Å². The lowest BCUT2D eigenvalue weighted by molar-refractivity contribution is -0.120. The van der Waals surface area contributed by atoms with Gasteiger partial charge in [-0.25, -0.2) is 22.5 Å². The average Bonchev–Trinajstić information content (AvgIpc) is 3.57. The van der Waals surface area contributed by atoms with Gasteiger partial charge in [0.25, 0.3) is 0 Å². The summed E-state index contributed by atoms with van der Waals surface area (Å²) in [6.07, 6.45) is 8.85. The smallest absolute Gasteiger partial charge is 0.410 e. The second-order valence-corrected chi connectivity index (χ2v) is 15.9. The fraction of sp³-hybridized carbons (Fsp3) is 0.793. The van der Waals surface area contributed by atoms with Gasteiger partial charge in [0, 0.05) is 50.0 Å². The Bertz CT molecular complexity index is 1300. The van der Waals surface area contributed by atoms with Crippen molar-refractivity contribution in [3.8, 4) is 0 Å². The van der Waals surface area contributed by atoms with E-state index in [4.69, 9.17) is 9.72 Å². The molecule has 5 aliphatic rings. The summed E-state index contributed by atoms with van der Waals surface area (Å²) in [5, 5.41) is 2.82. The van der Waals surface area contributed by atoms with Crippen LogP contribution in [-0.2, 0) is 25.0 Å². The minimum absolute atomic E-state index is 0.0370. The summed E-state index contributed by atoms with van der Waals surface area (Å²) in [6, 6.07) is 0.235. The van der Waals surface area contributed by atoms with Gasteiger partial charge >= 0.3 is 6.09 Å². The Kier molecular flexibility index (Phi) is 7.24.